The molecule has 0 aliphatic rings. The smallest absolute Gasteiger partial charge is 0.0636 e. The van der Waals surface area contributed by atoms with Crippen LogP contribution >= 0.6 is 0 Å². The van der Waals surface area contributed by atoms with Gasteiger partial charge in [0, 0.05) is 26.6 Å². The van der Waals surface area contributed by atoms with Crippen molar-refractivity contribution in [3.63, 3.8) is 0 Å². The SMILES string of the molecule is CCC(C=Nc1ccc(C)c(C)c1)=Nc1ccc(C)c(C)c1.[Pd]. The minimum absolute atomic E-state index is 0. The van der Waals surface area contributed by atoms with Crippen molar-refractivity contribution < 1.29 is 20.4 Å². The van der Waals surface area contributed by atoms with Gasteiger partial charge in [-0.15, -0.1) is 0 Å². The molecule has 0 bridgehead atoms. The van der Waals surface area contributed by atoms with Gasteiger partial charge in [-0.25, -0.2) is 0 Å². The number of aliphatic imine (C=N–C) groups is 2. The Morgan fingerprint density at radius 1 is 0.826 bits per heavy atom. The number of rotatable bonds is 4. The Labute approximate surface area is 153 Å². The summed E-state index contributed by atoms with van der Waals surface area (Å²) < 4.78 is 0. The van der Waals surface area contributed by atoms with Gasteiger partial charge in [-0.3, -0.25) is 9.98 Å². The molecule has 2 rings (SSSR count). The Morgan fingerprint density at radius 3 is 1.87 bits per heavy atom. The predicted octanol–water partition coefficient (Wildman–Crippen LogP) is 5.80. The summed E-state index contributed by atoms with van der Waals surface area (Å²) in [6, 6.07) is 12.5. The van der Waals surface area contributed by atoms with E-state index in [4.69, 9.17) is 4.99 Å². The molecule has 23 heavy (non-hydrogen) atoms. The van der Waals surface area contributed by atoms with Gasteiger partial charge in [0.25, 0.3) is 0 Å². The van der Waals surface area contributed by atoms with Crippen LogP contribution in [0.5, 0.6) is 0 Å². The van der Waals surface area contributed by atoms with Gasteiger partial charge >= 0.3 is 0 Å². The zero-order valence-electron chi connectivity index (χ0n) is 14.5. The molecule has 0 atom stereocenters. The van der Waals surface area contributed by atoms with Gasteiger partial charge in [0.15, 0.2) is 0 Å². The van der Waals surface area contributed by atoms with E-state index in [0.29, 0.717) is 0 Å². The normalized spacial score (nSPS) is 11.6. The Morgan fingerprint density at radius 2 is 1.35 bits per heavy atom. The van der Waals surface area contributed by atoms with E-state index < -0.39 is 0 Å². The first kappa shape index (κ1) is 19.5. The number of hydrogen-bond donors (Lipinski definition) is 0. The van der Waals surface area contributed by atoms with Gasteiger partial charge in [-0.2, -0.15) is 0 Å². The minimum atomic E-state index is 0. The van der Waals surface area contributed by atoms with E-state index >= 15 is 0 Å². The van der Waals surface area contributed by atoms with Gasteiger partial charge in [-0.1, -0.05) is 19.1 Å². The summed E-state index contributed by atoms with van der Waals surface area (Å²) in [4.78, 5) is 9.26. The molecule has 2 nitrogen and oxygen atoms in total. The summed E-state index contributed by atoms with van der Waals surface area (Å²) >= 11 is 0. The third-order valence-corrected chi connectivity index (χ3v) is 3.98. The first-order valence-electron chi connectivity index (χ1n) is 7.75. The molecule has 0 N–H and O–H groups in total. The summed E-state index contributed by atoms with van der Waals surface area (Å²) in [5, 5.41) is 0. The summed E-state index contributed by atoms with van der Waals surface area (Å²) in [7, 11) is 0. The van der Waals surface area contributed by atoms with Crippen molar-refractivity contribution in [2.75, 3.05) is 0 Å². The first-order chi connectivity index (χ1) is 10.5. The van der Waals surface area contributed by atoms with Crippen LogP contribution in [-0.2, 0) is 20.4 Å². The molecule has 0 heterocycles. The number of nitrogens with zero attached hydrogens (tertiary/aromatic N) is 2. The second-order valence-electron chi connectivity index (χ2n) is 5.75. The first-order valence-corrected chi connectivity index (χ1v) is 7.75. The fraction of sp³-hybridized carbons (Fsp3) is 0.300. The van der Waals surface area contributed by atoms with Crippen LogP contribution < -0.4 is 0 Å². The molecule has 124 valence electrons. The summed E-state index contributed by atoms with van der Waals surface area (Å²) in [6.07, 6.45) is 2.74. The molecular formula is C20H24N2Pd. The molecule has 2 aromatic rings. The third kappa shape index (κ3) is 5.54. The Hall–Kier alpha value is -1.56. The van der Waals surface area contributed by atoms with Crippen molar-refractivity contribution in [1.82, 2.24) is 0 Å². The maximum atomic E-state index is 4.70. The van der Waals surface area contributed by atoms with E-state index in [9.17, 15) is 0 Å². The molecule has 0 spiro atoms. The molecule has 0 aliphatic heterocycles. The molecule has 0 unspecified atom stereocenters. The fourth-order valence-corrected chi connectivity index (χ4v) is 2.12. The van der Waals surface area contributed by atoms with Crippen LogP contribution in [0.25, 0.3) is 0 Å². The van der Waals surface area contributed by atoms with Crippen LogP contribution in [0.2, 0.25) is 0 Å². The topological polar surface area (TPSA) is 24.7 Å². The van der Waals surface area contributed by atoms with Crippen molar-refractivity contribution in [2.45, 2.75) is 41.0 Å². The van der Waals surface area contributed by atoms with Crippen molar-refractivity contribution in [2.24, 2.45) is 9.98 Å². The maximum absolute atomic E-state index is 4.70. The van der Waals surface area contributed by atoms with Gasteiger partial charge < -0.3 is 0 Å². The fourth-order valence-electron chi connectivity index (χ4n) is 2.12. The average Bonchev–Trinajstić information content (AvgIpc) is 2.50. The minimum Gasteiger partial charge on any atom is -0.255 e. The van der Waals surface area contributed by atoms with Crippen LogP contribution in [-0.4, -0.2) is 11.9 Å². The molecule has 2 aromatic carbocycles. The Bertz CT molecular complexity index is 730. The van der Waals surface area contributed by atoms with Crippen LogP contribution in [0.15, 0.2) is 46.4 Å². The number of hydrogen-bond acceptors (Lipinski definition) is 2. The van der Waals surface area contributed by atoms with Gasteiger partial charge in [0.2, 0.25) is 0 Å². The Balaban J connectivity index is 0.00000264. The Kier molecular flexibility index (Phi) is 7.55. The molecule has 0 aliphatic carbocycles. The summed E-state index contributed by atoms with van der Waals surface area (Å²) in [5.41, 5.74) is 8.07. The van der Waals surface area contributed by atoms with Crippen LogP contribution in [0.3, 0.4) is 0 Å². The zero-order chi connectivity index (χ0) is 16.1. The van der Waals surface area contributed by atoms with E-state index in [2.05, 4.69) is 69.9 Å². The summed E-state index contributed by atoms with van der Waals surface area (Å²) in [5.74, 6) is 0. The van der Waals surface area contributed by atoms with Gasteiger partial charge in [0.05, 0.1) is 17.1 Å². The van der Waals surface area contributed by atoms with Crippen molar-refractivity contribution in [1.29, 1.82) is 0 Å². The quantitative estimate of drug-likeness (QED) is 0.459. The van der Waals surface area contributed by atoms with Crippen molar-refractivity contribution in [3.8, 4) is 0 Å². The number of benzene rings is 2. The van der Waals surface area contributed by atoms with E-state index in [0.717, 1.165) is 23.5 Å². The molecular weight excluding hydrogens is 375 g/mol. The second kappa shape index (κ2) is 8.91. The van der Waals surface area contributed by atoms with E-state index in [1.165, 1.54) is 22.3 Å². The molecule has 0 radical (unpaired) electrons. The molecule has 0 saturated carbocycles. The molecule has 0 fully saturated rings. The van der Waals surface area contributed by atoms with Gasteiger partial charge in [-0.05, 0) is 80.6 Å². The average molecular weight is 399 g/mol. The standard InChI is InChI=1S/C20H24N2.Pd/c1-6-18(22-20-10-8-15(3)17(5)12-20)13-21-19-9-7-14(2)16(4)11-19;/h7-13H,6H2,1-5H3;. The van der Waals surface area contributed by atoms with E-state index in [1.54, 1.807) is 0 Å². The zero-order valence-corrected chi connectivity index (χ0v) is 16.0. The van der Waals surface area contributed by atoms with Crippen LogP contribution in [0.4, 0.5) is 11.4 Å². The largest absolute Gasteiger partial charge is 0.255 e. The molecule has 3 heteroatoms. The predicted molar refractivity (Wildman–Crippen MR) is 97.4 cm³/mol. The van der Waals surface area contributed by atoms with Crippen LogP contribution in [0, 0.1) is 27.7 Å². The second-order valence-corrected chi connectivity index (χ2v) is 5.75. The maximum Gasteiger partial charge on any atom is 0.0636 e. The monoisotopic (exact) mass is 398 g/mol. The van der Waals surface area contributed by atoms with Crippen LogP contribution in [0.1, 0.15) is 35.6 Å². The van der Waals surface area contributed by atoms with Gasteiger partial charge in [0.1, 0.15) is 0 Å². The number of aryl methyl sites for hydroxylation is 4. The molecule has 0 saturated heterocycles. The van der Waals surface area contributed by atoms with E-state index in [-0.39, 0.29) is 20.4 Å². The van der Waals surface area contributed by atoms with Crippen molar-refractivity contribution in [3.05, 3.63) is 58.7 Å². The summed E-state index contributed by atoms with van der Waals surface area (Å²) in [6.45, 7) is 10.6. The van der Waals surface area contributed by atoms with E-state index in [1.807, 2.05) is 12.3 Å². The third-order valence-electron chi connectivity index (χ3n) is 3.98. The molecule has 0 aromatic heterocycles. The van der Waals surface area contributed by atoms with Crippen molar-refractivity contribution >= 4 is 23.3 Å². The molecule has 0 amide bonds.